The van der Waals surface area contributed by atoms with Crippen LogP contribution in [0.15, 0.2) is 50.2 Å². The SMILES string of the molecule is Cc1cc(Br)c(NC(=O)CSc2ccccc2F)c(Br)c1. The first-order chi connectivity index (χ1) is 9.97. The predicted molar refractivity (Wildman–Crippen MR) is 92.3 cm³/mol. The number of anilines is 1. The third kappa shape index (κ3) is 4.56. The summed E-state index contributed by atoms with van der Waals surface area (Å²) in [5, 5.41) is 2.82. The molecule has 110 valence electrons. The Morgan fingerprint density at radius 1 is 1.24 bits per heavy atom. The molecule has 0 saturated heterocycles. The van der Waals surface area contributed by atoms with Crippen LogP contribution in [-0.2, 0) is 4.79 Å². The molecule has 2 rings (SSSR count). The minimum atomic E-state index is -0.312. The molecule has 1 N–H and O–H groups in total. The zero-order valence-electron chi connectivity index (χ0n) is 11.1. The van der Waals surface area contributed by atoms with E-state index in [0.717, 1.165) is 14.5 Å². The number of carbonyl (C=O) groups is 1. The Kier molecular flexibility index (Phi) is 5.84. The molecule has 0 fully saturated rings. The zero-order chi connectivity index (χ0) is 15.4. The van der Waals surface area contributed by atoms with E-state index in [4.69, 9.17) is 0 Å². The van der Waals surface area contributed by atoms with Crippen LogP contribution < -0.4 is 5.32 Å². The Labute approximate surface area is 143 Å². The zero-order valence-corrected chi connectivity index (χ0v) is 15.1. The Bertz CT molecular complexity index is 655. The normalized spacial score (nSPS) is 10.5. The second-order valence-electron chi connectivity index (χ2n) is 4.37. The molecule has 21 heavy (non-hydrogen) atoms. The second kappa shape index (κ2) is 7.42. The fraction of sp³-hybridized carbons (Fsp3) is 0.133. The van der Waals surface area contributed by atoms with Gasteiger partial charge in [-0.1, -0.05) is 12.1 Å². The highest BCUT2D eigenvalue weighted by atomic mass is 79.9. The number of thioether (sulfide) groups is 1. The molecule has 0 spiro atoms. The Balaban J connectivity index is 2.01. The maximum Gasteiger partial charge on any atom is 0.234 e. The second-order valence-corrected chi connectivity index (χ2v) is 7.10. The number of carbonyl (C=O) groups excluding carboxylic acids is 1. The van der Waals surface area contributed by atoms with Gasteiger partial charge in [0.15, 0.2) is 0 Å². The maximum absolute atomic E-state index is 13.5. The summed E-state index contributed by atoms with van der Waals surface area (Å²) < 4.78 is 15.1. The smallest absolute Gasteiger partial charge is 0.234 e. The highest BCUT2D eigenvalue weighted by Gasteiger charge is 2.11. The van der Waals surface area contributed by atoms with Crippen LogP contribution in [0.5, 0.6) is 0 Å². The van der Waals surface area contributed by atoms with E-state index in [1.54, 1.807) is 18.2 Å². The summed E-state index contributed by atoms with van der Waals surface area (Å²) in [6.07, 6.45) is 0. The van der Waals surface area contributed by atoms with Gasteiger partial charge < -0.3 is 5.32 Å². The fourth-order valence-corrected chi connectivity index (χ4v) is 4.05. The number of amides is 1. The largest absolute Gasteiger partial charge is 0.323 e. The van der Waals surface area contributed by atoms with E-state index < -0.39 is 0 Å². The molecule has 0 unspecified atom stereocenters. The van der Waals surface area contributed by atoms with Crippen molar-refractivity contribution >= 4 is 55.2 Å². The van der Waals surface area contributed by atoms with Gasteiger partial charge in [0.05, 0.1) is 11.4 Å². The summed E-state index contributed by atoms with van der Waals surface area (Å²) in [5.41, 5.74) is 1.76. The van der Waals surface area contributed by atoms with Crippen LogP contribution in [0, 0.1) is 12.7 Å². The van der Waals surface area contributed by atoms with Crippen molar-refractivity contribution < 1.29 is 9.18 Å². The van der Waals surface area contributed by atoms with Crippen molar-refractivity contribution in [3.05, 3.63) is 56.7 Å². The number of benzene rings is 2. The van der Waals surface area contributed by atoms with E-state index in [-0.39, 0.29) is 17.5 Å². The summed E-state index contributed by atoms with van der Waals surface area (Å²) in [6, 6.07) is 10.3. The van der Waals surface area contributed by atoms with Gasteiger partial charge in [-0.15, -0.1) is 11.8 Å². The van der Waals surface area contributed by atoms with Crippen molar-refractivity contribution in [1.29, 1.82) is 0 Å². The van der Waals surface area contributed by atoms with Gasteiger partial charge in [0.1, 0.15) is 5.82 Å². The van der Waals surface area contributed by atoms with Crippen LogP contribution in [0.1, 0.15) is 5.56 Å². The number of rotatable bonds is 4. The van der Waals surface area contributed by atoms with Crippen LogP contribution in [0.4, 0.5) is 10.1 Å². The number of aryl methyl sites for hydroxylation is 1. The summed E-state index contributed by atoms with van der Waals surface area (Å²) in [6.45, 7) is 1.97. The molecule has 2 aromatic rings. The van der Waals surface area contributed by atoms with Crippen LogP contribution in [-0.4, -0.2) is 11.7 Å². The van der Waals surface area contributed by atoms with Gasteiger partial charge in [0.25, 0.3) is 0 Å². The van der Waals surface area contributed by atoms with Crippen molar-refractivity contribution in [3.8, 4) is 0 Å². The van der Waals surface area contributed by atoms with E-state index in [9.17, 15) is 9.18 Å². The Morgan fingerprint density at radius 3 is 2.48 bits per heavy atom. The molecule has 1 amide bonds. The molecule has 0 aliphatic carbocycles. The molecule has 0 radical (unpaired) electrons. The lowest BCUT2D eigenvalue weighted by Crippen LogP contribution is -2.15. The number of hydrogen-bond acceptors (Lipinski definition) is 2. The molecule has 0 saturated carbocycles. The van der Waals surface area contributed by atoms with Gasteiger partial charge in [-0.3, -0.25) is 4.79 Å². The van der Waals surface area contributed by atoms with Crippen molar-refractivity contribution in [2.75, 3.05) is 11.1 Å². The maximum atomic E-state index is 13.5. The topological polar surface area (TPSA) is 29.1 Å². The highest BCUT2D eigenvalue weighted by molar-refractivity contribution is 9.11. The molecule has 0 aromatic heterocycles. The lowest BCUT2D eigenvalue weighted by atomic mass is 10.2. The molecule has 2 aromatic carbocycles. The number of hydrogen-bond donors (Lipinski definition) is 1. The van der Waals surface area contributed by atoms with Crippen LogP contribution >= 0.6 is 43.6 Å². The average molecular weight is 433 g/mol. The Hall–Kier alpha value is -0.850. The van der Waals surface area contributed by atoms with E-state index in [0.29, 0.717) is 10.6 Å². The highest BCUT2D eigenvalue weighted by Crippen LogP contribution is 2.32. The first kappa shape index (κ1) is 16.5. The van der Waals surface area contributed by atoms with E-state index in [2.05, 4.69) is 37.2 Å². The van der Waals surface area contributed by atoms with E-state index in [1.165, 1.54) is 17.8 Å². The molecule has 6 heteroatoms. The first-order valence-corrected chi connectivity index (χ1v) is 8.67. The molecule has 0 aliphatic rings. The van der Waals surface area contributed by atoms with Crippen molar-refractivity contribution in [2.24, 2.45) is 0 Å². The van der Waals surface area contributed by atoms with Gasteiger partial charge in [-0.05, 0) is 68.6 Å². The molecule has 2 nitrogen and oxygen atoms in total. The average Bonchev–Trinajstić information content (AvgIpc) is 2.42. The fourth-order valence-electron chi connectivity index (χ4n) is 1.70. The van der Waals surface area contributed by atoms with Crippen LogP contribution in [0.25, 0.3) is 0 Å². The third-order valence-electron chi connectivity index (χ3n) is 2.65. The first-order valence-electron chi connectivity index (χ1n) is 6.10. The summed E-state index contributed by atoms with van der Waals surface area (Å²) in [5.74, 6) is -0.352. The van der Waals surface area contributed by atoms with Gasteiger partial charge in [0, 0.05) is 13.8 Å². The van der Waals surface area contributed by atoms with Crippen LogP contribution in [0.3, 0.4) is 0 Å². The minimum absolute atomic E-state index is 0.147. The molecule has 0 bridgehead atoms. The van der Waals surface area contributed by atoms with Crippen molar-refractivity contribution in [3.63, 3.8) is 0 Å². The van der Waals surface area contributed by atoms with E-state index in [1.807, 2.05) is 19.1 Å². The molecular formula is C15H12Br2FNOS. The van der Waals surface area contributed by atoms with Crippen molar-refractivity contribution in [2.45, 2.75) is 11.8 Å². The third-order valence-corrected chi connectivity index (χ3v) is 4.95. The van der Waals surface area contributed by atoms with Gasteiger partial charge in [-0.25, -0.2) is 4.39 Å². The summed E-state index contributed by atoms with van der Waals surface area (Å²) in [4.78, 5) is 12.5. The summed E-state index contributed by atoms with van der Waals surface area (Å²) >= 11 is 8.02. The quantitative estimate of drug-likeness (QED) is 0.656. The van der Waals surface area contributed by atoms with Crippen molar-refractivity contribution in [1.82, 2.24) is 0 Å². The number of halogens is 3. The van der Waals surface area contributed by atoms with Gasteiger partial charge in [0.2, 0.25) is 5.91 Å². The van der Waals surface area contributed by atoms with Gasteiger partial charge >= 0.3 is 0 Å². The lowest BCUT2D eigenvalue weighted by Gasteiger charge is -2.11. The standard InChI is InChI=1S/C15H12Br2FNOS/c1-9-6-10(16)15(11(17)7-9)19-14(20)8-21-13-5-3-2-4-12(13)18/h2-7H,8H2,1H3,(H,19,20). The molecular weight excluding hydrogens is 421 g/mol. The summed E-state index contributed by atoms with van der Waals surface area (Å²) in [7, 11) is 0. The predicted octanol–water partition coefficient (Wildman–Crippen LogP) is 5.39. The molecule has 0 atom stereocenters. The van der Waals surface area contributed by atoms with Gasteiger partial charge in [-0.2, -0.15) is 0 Å². The monoisotopic (exact) mass is 431 g/mol. The lowest BCUT2D eigenvalue weighted by molar-refractivity contribution is -0.113. The van der Waals surface area contributed by atoms with E-state index >= 15 is 0 Å². The Morgan fingerprint density at radius 2 is 1.86 bits per heavy atom. The molecule has 0 heterocycles. The minimum Gasteiger partial charge on any atom is -0.323 e. The van der Waals surface area contributed by atoms with Crippen LogP contribution in [0.2, 0.25) is 0 Å². The number of nitrogens with one attached hydrogen (secondary N) is 1. The molecule has 0 aliphatic heterocycles.